The van der Waals surface area contributed by atoms with Gasteiger partial charge in [0, 0.05) is 21.8 Å². The van der Waals surface area contributed by atoms with Gasteiger partial charge in [0.1, 0.15) is 16.4 Å². The molecule has 4 aromatic carbocycles. The minimum Gasteiger partial charge on any atom is -0.497 e. The molecule has 4 N–H and O–H groups in total. The molecular weight excluding hydrogens is 737 g/mol. The summed E-state index contributed by atoms with van der Waals surface area (Å²) >= 11 is 2.27. The van der Waals surface area contributed by atoms with Crippen molar-refractivity contribution in [3.63, 3.8) is 0 Å². The quantitative estimate of drug-likeness (QED) is 0.0470. The molecule has 55 heavy (non-hydrogen) atoms. The maximum Gasteiger partial charge on any atom is 0.341 e. The molecule has 13 heteroatoms. The molecule has 0 aliphatic rings. The number of methoxy groups -OCH3 is 1. The van der Waals surface area contributed by atoms with Crippen molar-refractivity contribution in [2.45, 2.75) is 37.3 Å². The smallest absolute Gasteiger partial charge is 0.341 e. The van der Waals surface area contributed by atoms with Gasteiger partial charge in [0.05, 0.1) is 29.4 Å². The Bertz CT molecular complexity index is 2200. The highest BCUT2D eigenvalue weighted by Crippen LogP contribution is 2.36. The van der Waals surface area contributed by atoms with Gasteiger partial charge in [-0.05, 0) is 92.1 Å². The number of hydrogen-bond acceptors (Lipinski definition) is 9. The van der Waals surface area contributed by atoms with Crippen LogP contribution in [0.4, 0.5) is 16.4 Å². The SMILES string of the molecule is CCOC(=O)c1c(NC(=O)C(CC)Sc2cccc(NC(=O)/C(=C/c3cccc(OC)c3)NC(=O)c3ccccc3)c2)sc(C(=O)Nc2ccccc2)c1C. The molecule has 0 saturated heterocycles. The minimum absolute atomic E-state index is 0.00596. The molecular formula is C42H40N4O7S2. The molecule has 5 aromatic rings. The standard InChI is InChI=1S/C42H40N4O7S2/c1-5-34(39(49)46-41-35(42(51)53-6-2)26(3)36(55-41)40(50)43-29-18-11-8-12-19-29)54-32-22-14-20-30(25-32)44-38(48)33(24-27-15-13-21-31(23-27)52-4)45-37(47)28-16-9-7-10-17-28/h7-25,34H,5-6H2,1-4H3,(H,43,50)(H,44,48)(H,45,47)(H,46,49)/b33-24-. The van der Waals surface area contributed by atoms with Crippen molar-refractivity contribution in [1.82, 2.24) is 5.32 Å². The zero-order chi connectivity index (χ0) is 39.3. The zero-order valence-corrected chi connectivity index (χ0v) is 32.3. The zero-order valence-electron chi connectivity index (χ0n) is 30.6. The third-order valence-electron chi connectivity index (χ3n) is 8.07. The molecule has 282 valence electrons. The number of anilines is 3. The van der Waals surface area contributed by atoms with Crippen LogP contribution in [-0.2, 0) is 14.3 Å². The number of thioether (sulfide) groups is 1. The van der Waals surface area contributed by atoms with Crippen LogP contribution in [0.3, 0.4) is 0 Å². The Balaban J connectivity index is 1.33. The van der Waals surface area contributed by atoms with Gasteiger partial charge in [-0.25, -0.2) is 4.79 Å². The molecule has 4 amide bonds. The Hall–Kier alpha value is -6.18. The first kappa shape index (κ1) is 40.0. The van der Waals surface area contributed by atoms with Gasteiger partial charge < -0.3 is 30.7 Å². The fourth-order valence-electron chi connectivity index (χ4n) is 5.34. The molecule has 1 atom stereocenters. The molecule has 5 rings (SSSR count). The van der Waals surface area contributed by atoms with Crippen LogP contribution in [0.15, 0.2) is 120 Å². The van der Waals surface area contributed by atoms with E-state index in [1.54, 1.807) is 124 Å². The second-order valence-corrected chi connectivity index (χ2v) is 14.2. The van der Waals surface area contributed by atoms with E-state index < -0.39 is 28.9 Å². The van der Waals surface area contributed by atoms with Crippen molar-refractivity contribution in [3.8, 4) is 5.75 Å². The van der Waals surface area contributed by atoms with E-state index in [1.165, 1.54) is 11.8 Å². The van der Waals surface area contributed by atoms with Crippen LogP contribution in [-0.4, -0.2) is 48.6 Å². The van der Waals surface area contributed by atoms with Crippen molar-refractivity contribution in [1.29, 1.82) is 0 Å². The van der Waals surface area contributed by atoms with Crippen LogP contribution in [0.25, 0.3) is 6.08 Å². The maximum absolute atomic E-state index is 13.7. The number of para-hydroxylation sites is 1. The number of nitrogens with one attached hydrogen (secondary N) is 4. The predicted molar refractivity (Wildman–Crippen MR) is 218 cm³/mol. The van der Waals surface area contributed by atoms with E-state index >= 15 is 0 Å². The van der Waals surface area contributed by atoms with Crippen LogP contribution in [0, 0.1) is 6.92 Å². The average Bonchev–Trinajstić information content (AvgIpc) is 3.52. The first-order valence-corrected chi connectivity index (χ1v) is 19.1. The highest BCUT2D eigenvalue weighted by Gasteiger charge is 2.29. The van der Waals surface area contributed by atoms with Crippen LogP contribution in [0.5, 0.6) is 5.75 Å². The fraction of sp³-hybridized carbons (Fsp3) is 0.167. The van der Waals surface area contributed by atoms with Gasteiger partial charge in [0.15, 0.2) is 0 Å². The molecule has 1 heterocycles. The van der Waals surface area contributed by atoms with Crippen LogP contribution >= 0.6 is 23.1 Å². The lowest BCUT2D eigenvalue weighted by Crippen LogP contribution is -2.30. The maximum atomic E-state index is 13.7. The summed E-state index contributed by atoms with van der Waals surface area (Å²) in [4.78, 5) is 67.8. The number of thiophene rings is 1. The van der Waals surface area contributed by atoms with Gasteiger partial charge in [-0.3, -0.25) is 19.2 Å². The molecule has 0 aliphatic heterocycles. The second kappa shape index (κ2) is 19.2. The molecule has 0 spiro atoms. The molecule has 0 saturated carbocycles. The summed E-state index contributed by atoms with van der Waals surface area (Å²) in [6.07, 6.45) is 1.98. The number of hydrogen-bond donors (Lipinski definition) is 4. The Morgan fingerprint density at radius 2 is 1.47 bits per heavy atom. The molecule has 0 radical (unpaired) electrons. The summed E-state index contributed by atoms with van der Waals surface area (Å²) in [5, 5.41) is 10.9. The number of ether oxygens (including phenoxy) is 2. The summed E-state index contributed by atoms with van der Waals surface area (Å²) in [7, 11) is 1.54. The Kier molecular flexibility index (Phi) is 14.0. The van der Waals surface area contributed by atoms with E-state index in [0.717, 1.165) is 11.3 Å². The van der Waals surface area contributed by atoms with Crippen LogP contribution < -0.4 is 26.0 Å². The summed E-state index contributed by atoms with van der Waals surface area (Å²) in [5.41, 5.74) is 2.57. The van der Waals surface area contributed by atoms with Crippen LogP contribution in [0.1, 0.15) is 61.8 Å². The number of carbonyl (C=O) groups excluding carboxylic acids is 5. The highest BCUT2D eigenvalue weighted by molar-refractivity contribution is 8.00. The van der Waals surface area contributed by atoms with Crippen molar-refractivity contribution >= 4 is 75.1 Å². The van der Waals surface area contributed by atoms with E-state index in [0.29, 0.717) is 45.1 Å². The van der Waals surface area contributed by atoms with Gasteiger partial charge in [-0.1, -0.05) is 61.5 Å². The minimum atomic E-state index is -0.644. The molecule has 0 bridgehead atoms. The van der Waals surface area contributed by atoms with E-state index in [2.05, 4.69) is 21.3 Å². The predicted octanol–water partition coefficient (Wildman–Crippen LogP) is 8.41. The largest absolute Gasteiger partial charge is 0.497 e. The van der Waals surface area contributed by atoms with E-state index in [-0.39, 0.29) is 33.7 Å². The monoisotopic (exact) mass is 776 g/mol. The van der Waals surface area contributed by atoms with Gasteiger partial charge >= 0.3 is 5.97 Å². The summed E-state index contributed by atoms with van der Waals surface area (Å²) in [6, 6.07) is 31.5. The van der Waals surface area contributed by atoms with Gasteiger partial charge in [-0.15, -0.1) is 23.1 Å². The van der Waals surface area contributed by atoms with Crippen molar-refractivity contribution in [2.75, 3.05) is 29.7 Å². The van der Waals surface area contributed by atoms with Gasteiger partial charge in [0.2, 0.25) is 5.91 Å². The summed E-state index contributed by atoms with van der Waals surface area (Å²) < 4.78 is 10.6. The van der Waals surface area contributed by atoms with Gasteiger partial charge in [-0.2, -0.15) is 0 Å². The van der Waals surface area contributed by atoms with Crippen LogP contribution in [0.2, 0.25) is 0 Å². The third-order valence-corrected chi connectivity index (χ3v) is 10.6. The third kappa shape index (κ3) is 10.7. The van der Waals surface area contributed by atoms with E-state index in [1.807, 2.05) is 19.1 Å². The Morgan fingerprint density at radius 3 is 2.16 bits per heavy atom. The fourth-order valence-corrected chi connectivity index (χ4v) is 7.45. The molecule has 11 nitrogen and oxygen atoms in total. The molecule has 1 aromatic heterocycles. The lowest BCUT2D eigenvalue weighted by Gasteiger charge is -2.16. The topological polar surface area (TPSA) is 152 Å². The van der Waals surface area contributed by atoms with Crippen molar-refractivity contribution in [3.05, 3.63) is 142 Å². The first-order valence-electron chi connectivity index (χ1n) is 17.4. The molecule has 1 unspecified atom stereocenters. The number of amides is 4. The lowest BCUT2D eigenvalue weighted by molar-refractivity contribution is -0.116. The highest BCUT2D eigenvalue weighted by atomic mass is 32.2. The van der Waals surface area contributed by atoms with E-state index in [4.69, 9.17) is 9.47 Å². The normalized spacial score (nSPS) is 11.5. The molecule has 0 aliphatic carbocycles. The van der Waals surface area contributed by atoms with E-state index in [9.17, 15) is 24.0 Å². The Labute approximate surface area is 327 Å². The summed E-state index contributed by atoms with van der Waals surface area (Å²) in [6.45, 7) is 5.30. The average molecular weight is 777 g/mol. The first-order chi connectivity index (χ1) is 26.6. The number of benzene rings is 4. The lowest BCUT2D eigenvalue weighted by atomic mass is 10.1. The molecule has 0 fully saturated rings. The van der Waals surface area contributed by atoms with Crippen molar-refractivity contribution < 1.29 is 33.4 Å². The van der Waals surface area contributed by atoms with Crippen molar-refractivity contribution in [2.24, 2.45) is 0 Å². The Morgan fingerprint density at radius 1 is 0.782 bits per heavy atom. The van der Waals surface area contributed by atoms with Gasteiger partial charge in [0.25, 0.3) is 17.7 Å². The number of carbonyl (C=O) groups is 5. The number of rotatable bonds is 15. The second-order valence-electron chi connectivity index (χ2n) is 11.9. The summed E-state index contributed by atoms with van der Waals surface area (Å²) in [5.74, 6) is -1.87. The number of esters is 1.